The molecule has 1 unspecified atom stereocenters. The van der Waals surface area contributed by atoms with Gasteiger partial charge in [-0.05, 0) is 24.1 Å². The van der Waals surface area contributed by atoms with E-state index in [0.717, 1.165) is 12.6 Å². The van der Waals surface area contributed by atoms with Gasteiger partial charge in [-0.25, -0.2) is 0 Å². The molecule has 1 aromatic carbocycles. The third kappa shape index (κ3) is 1.96. The highest BCUT2D eigenvalue weighted by molar-refractivity contribution is 7.40. The average molecular weight is 208 g/mol. The lowest BCUT2D eigenvalue weighted by Crippen LogP contribution is -2.12. The van der Waals surface area contributed by atoms with Crippen molar-refractivity contribution in [2.24, 2.45) is 0 Å². The lowest BCUT2D eigenvalue weighted by molar-refractivity contribution is -0.136. The maximum atomic E-state index is 10.8. The summed E-state index contributed by atoms with van der Waals surface area (Å²) in [6.45, 7) is 0. The van der Waals surface area contributed by atoms with Gasteiger partial charge in [-0.1, -0.05) is 30.3 Å². The largest absolute Gasteiger partial charge is 0.481 e. The molecule has 0 aromatic heterocycles. The van der Waals surface area contributed by atoms with Crippen LogP contribution in [-0.4, -0.2) is 22.9 Å². The summed E-state index contributed by atoms with van der Waals surface area (Å²) in [6.07, 6.45) is 1.86. The van der Waals surface area contributed by atoms with E-state index in [1.807, 2.05) is 18.2 Å². The first-order chi connectivity index (χ1) is 6.77. The van der Waals surface area contributed by atoms with Crippen LogP contribution in [0, 0.1) is 0 Å². The van der Waals surface area contributed by atoms with Crippen LogP contribution in [0.25, 0.3) is 0 Å². The highest BCUT2D eigenvalue weighted by atomic mass is 31.1. The third-order valence-corrected chi connectivity index (χ3v) is 4.40. The van der Waals surface area contributed by atoms with E-state index in [1.54, 1.807) is 0 Å². The van der Waals surface area contributed by atoms with Gasteiger partial charge in [-0.3, -0.25) is 4.79 Å². The maximum absolute atomic E-state index is 10.8. The van der Waals surface area contributed by atoms with Crippen molar-refractivity contribution in [3.05, 3.63) is 35.9 Å². The Morgan fingerprint density at radius 1 is 1.36 bits per heavy atom. The normalized spacial score (nSPS) is 28.0. The second-order valence-electron chi connectivity index (χ2n) is 3.64. The van der Waals surface area contributed by atoms with Crippen molar-refractivity contribution in [2.45, 2.75) is 18.0 Å². The van der Waals surface area contributed by atoms with Crippen molar-refractivity contribution in [1.82, 2.24) is 0 Å². The van der Waals surface area contributed by atoms with Crippen LogP contribution >= 0.6 is 8.58 Å². The zero-order valence-electron chi connectivity index (χ0n) is 7.81. The van der Waals surface area contributed by atoms with Crippen LogP contribution in [0.15, 0.2) is 30.3 Å². The zero-order valence-corrected chi connectivity index (χ0v) is 8.81. The Bertz CT molecular complexity index is 323. The summed E-state index contributed by atoms with van der Waals surface area (Å²) in [7, 11) is 0.586. The molecule has 1 fully saturated rings. The predicted molar refractivity (Wildman–Crippen MR) is 58.4 cm³/mol. The fourth-order valence-corrected chi connectivity index (χ4v) is 3.50. The predicted octanol–water partition coefficient (Wildman–Crippen LogP) is 2.31. The molecule has 3 heteroatoms. The summed E-state index contributed by atoms with van der Waals surface area (Å²) >= 11 is 0. The first-order valence-electron chi connectivity index (χ1n) is 4.78. The number of aliphatic carboxylic acids is 1. The minimum absolute atomic E-state index is 0.0970. The SMILES string of the molecule is O=C(O)[C@@H]1C[C@@H](c2ccccc2)CP1. The lowest BCUT2D eigenvalue weighted by atomic mass is 9.96. The van der Waals surface area contributed by atoms with Gasteiger partial charge >= 0.3 is 5.97 Å². The van der Waals surface area contributed by atoms with E-state index >= 15 is 0 Å². The smallest absolute Gasteiger partial charge is 0.310 e. The van der Waals surface area contributed by atoms with Gasteiger partial charge in [-0.2, -0.15) is 0 Å². The second-order valence-corrected chi connectivity index (χ2v) is 5.16. The maximum Gasteiger partial charge on any atom is 0.310 e. The van der Waals surface area contributed by atoms with E-state index in [-0.39, 0.29) is 5.66 Å². The van der Waals surface area contributed by atoms with Gasteiger partial charge in [0.15, 0.2) is 0 Å². The molecule has 74 valence electrons. The lowest BCUT2D eigenvalue weighted by Gasteiger charge is -2.08. The monoisotopic (exact) mass is 208 g/mol. The van der Waals surface area contributed by atoms with Gasteiger partial charge in [0.05, 0.1) is 5.66 Å². The summed E-state index contributed by atoms with van der Waals surface area (Å²) in [4.78, 5) is 10.8. The molecule has 0 saturated carbocycles. The fraction of sp³-hybridized carbons (Fsp3) is 0.364. The van der Waals surface area contributed by atoms with Crippen LogP contribution in [0.5, 0.6) is 0 Å². The van der Waals surface area contributed by atoms with Gasteiger partial charge in [-0.15, -0.1) is 8.58 Å². The van der Waals surface area contributed by atoms with Crippen LogP contribution in [0.2, 0.25) is 0 Å². The van der Waals surface area contributed by atoms with Gasteiger partial charge in [0, 0.05) is 0 Å². The Morgan fingerprint density at radius 3 is 2.64 bits per heavy atom. The molecular formula is C11H13O2P. The molecule has 1 aromatic rings. The average Bonchev–Trinajstić information content (AvgIpc) is 2.68. The molecule has 2 rings (SSSR count). The summed E-state index contributed by atoms with van der Waals surface area (Å²) in [5.41, 5.74) is 1.20. The van der Waals surface area contributed by atoms with E-state index in [1.165, 1.54) is 5.56 Å². The number of rotatable bonds is 2. The summed E-state index contributed by atoms with van der Waals surface area (Å²) in [6, 6.07) is 10.2. The number of benzene rings is 1. The van der Waals surface area contributed by atoms with E-state index in [0.29, 0.717) is 14.5 Å². The fourth-order valence-electron chi connectivity index (χ4n) is 1.90. The van der Waals surface area contributed by atoms with Crippen LogP contribution in [-0.2, 0) is 4.79 Å². The minimum Gasteiger partial charge on any atom is -0.481 e. The van der Waals surface area contributed by atoms with Gasteiger partial charge in [0.1, 0.15) is 0 Å². The Morgan fingerprint density at radius 2 is 2.07 bits per heavy atom. The Kier molecular flexibility index (Phi) is 2.83. The van der Waals surface area contributed by atoms with E-state index in [2.05, 4.69) is 12.1 Å². The third-order valence-electron chi connectivity index (χ3n) is 2.70. The molecule has 1 heterocycles. The standard InChI is InChI=1S/C11H13O2P/c12-11(13)10-6-9(7-14-10)8-4-2-1-3-5-8/h1-5,9-10,14H,6-7H2,(H,12,13)/t9-,10+/m1/s1. The zero-order chi connectivity index (χ0) is 9.97. The Hall–Kier alpha value is -0.880. The number of carboxylic acid groups (broad SMARTS) is 1. The summed E-state index contributed by atoms with van der Waals surface area (Å²) < 4.78 is 0. The topological polar surface area (TPSA) is 37.3 Å². The second kappa shape index (κ2) is 4.10. The molecule has 2 nitrogen and oxygen atoms in total. The molecule has 0 amide bonds. The molecule has 1 N–H and O–H groups in total. The van der Waals surface area contributed by atoms with Crippen LogP contribution in [0.1, 0.15) is 17.9 Å². The molecule has 0 radical (unpaired) electrons. The van der Waals surface area contributed by atoms with Crippen LogP contribution in [0.3, 0.4) is 0 Å². The first-order valence-corrected chi connectivity index (χ1v) is 6.07. The molecule has 1 aliphatic rings. The van der Waals surface area contributed by atoms with Crippen molar-refractivity contribution in [3.63, 3.8) is 0 Å². The highest BCUT2D eigenvalue weighted by Gasteiger charge is 2.30. The van der Waals surface area contributed by atoms with Gasteiger partial charge < -0.3 is 5.11 Å². The van der Waals surface area contributed by atoms with Crippen molar-refractivity contribution in [1.29, 1.82) is 0 Å². The van der Waals surface area contributed by atoms with Crippen molar-refractivity contribution < 1.29 is 9.90 Å². The quantitative estimate of drug-likeness (QED) is 0.757. The van der Waals surface area contributed by atoms with Crippen LogP contribution < -0.4 is 0 Å². The molecule has 14 heavy (non-hydrogen) atoms. The number of hydrogen-bond acceptors (Lipinski definition) is 1. The van der Waals surface area contributed by atoms with Crippen molar-refractivity contribution in [2.75, 3.05) is 6.16 Å². The van der Waals surface area contributed by atoms with E-state index < -0.39 is 5.97 Å². The summed E-state index contributed by atoms with van der Waals surface area (Å²) in [5.74, 6) is -0.155. The molecule has 1 saturated heterocycles. The molecule has 0 aliphatic carbocycles. The molecule has 1 aliphatic heterocycles. The van der Waals surface area contributed by atoms with Gasteiger partial charge in [0.2, 0.25) is 0 Å². The van der Waals surface area contributed by atoms with E-state index in [9.17, 15) is 4.79 Å². The number of carbonyl (C=O) groups is 1. The van der Waals surface area contributed by atoms with Crippen molar-refractivity contribution in [3.8, 4) is 0 Å². The summed E-state index contributed by atoms with van der Waals surface area (Å²) in [5, 5.41) is 8.88. The molecular weight excluding hydrogens is 195 g/mol. The number of carboxylic acids is 1. The van der Waals surface area contributed by atoms with Crippen molar-refractivity contribution >= 4 is 14.6 Å². The first kappa shape index (κ1) is 9.67. The van der Waals surface area contributed by atoms with E-state index in [4.69, 9.17) is 5.11 Å². The van der Waals surface area contributed by atoms with Gasteiger partial charge in [0.25, 0.3) is 0 Å². The Balaban J connectivity index is 2.06. The minimum atomic E-state index is -0.623. The number of hydrogen-bond donors (Lipinski definition) is 1. The van der Waals surface area contributed by atoms with Crippen LogP contribution in [0.4, 0.5) is 0 Å². The molecule has 0 spiro atoms. The molecule has 3 atom stereocenters. The molecule has 0 bridgehead atoms. The Labute approximate surface area is 85.1 Å². The highest BCUT2D eigenvalue weighted by Crippen LogP contribution is 2.42.